The second-order valence-corrected chi connectivity index (χ2v) is 4.00. The van der Waals surface area contributed by atoms with E-state index in [2.05, 4.69) is 11.8 Å². The lowest BCUT2D eigenvalue weighted by Gasteiger charge is -2.14. The van der Waals surface area contributed by atoms with E-state index in [1.807, 2.05) is 31.2 Å². The molecule has 0 amide bonds. The Hall–Kier alpha value is -1.17. The van der Waals surface area contributed by atoms with E-state index in [9.17, 15) is 0 Å². The van der Waals surface area contributed by atoms with Gasteiger partial charge in [-0.25, -0.2) is 0 Å². The zero-order valence-electron chi connectivity index (χ0n) is 10.2. The maximum Gasteiger partial charge on any atom is 0.135 e. The van der Waals surface area contributed by atoms with Crippen molar-refractivity contribution in [3.8, 4) is 17.6 Å². The number of rotatable bonds is 5. The van der Waals surface area contributed by atoms with Crippen molar-refractivity contribution >= 4 is 11.6 Å². The number of alkyl halides is 1. The first-order valence-corrected chi connectivity index (χ1v) is 6.11. The monoisotopic (exact) mass is 252 g/mol. The molecule has 0 saturated carbocycles. The average Bonchev–Trinajstić information content (AvgIpc) is 2.32. The third-order valence-electron chi connectivity index (χ3n) is 2.06. The highest BCUT2D eigenvalue weighted by Crippen LogP contribution is 2.18. The van der Waals surface area contributed by atoms with Crippen LogP contribution in [0.1, 0.15) is 18.9 Å². The summed E-state index contributed by atoms with van der Waals surface area (Å²) < 4.78 is 10.8. The van der Waals surface area contributed by atoms with E-state index in [1.54, 1.807) is 7.11 Å². The molecule has 17 heavy (non-hydrogen) atoms. The van der Waals surface area contributed by atoms with Gasteiger partial charge in [0.05, 0.1) is 12.2 Å². The highest BCUT2D eigenvalue weighted by molar-refractivity contribution is 6.18. The van der Waals surface area contributed by atoms with Crippen LogP contribution in [0.3, 0.4) is 0 Å². The quantitative estimate of drug-likeness (QED) is 0.592. The second-order valence-electron chi connectivity index (χ2n) is 3.62. The van der Waals surface area contributed by atoms with Crippen LogP contribution in [0, 0.1) is 11.8 Å². The number of benzene rings is 1. The minimum Gasteiger partial charge on any atom is -0.487 e. The molecule has 0 spiro atoms. The zero-order chi connectivity index (χ0) is 12.5. The molecular formula is C14H17ClO2. The Kier molecular flexibility index (Phi) is 6.54. The van der Waals surface area contributed by atoms with Crippen molar-refractivity contribution < 1.29 is 9.47 Å². The normalized spacial score (nSPS) is 11.5. The predicted molar refractivity (Wildman–Crippen MR) is 70.6 cm³/mol. The van der Waals surface area contributed by atoms with Crippen LogP contribution >= 0.6 is 11.6 Å². The van der Waals surface area contributed by atoms with Gasteiger partial charge in [-0.15, -0.1) is 11.6 Å². The van der Waals surface area contributed by atoms with Crippen molar-refractivity contribution in [2.24, 2.45) is 0 Å². The minimum atomic E-state index is 0.0102. The Morgan fingerprint density at radius 3 is 2.82 bits per heavy atom. The van der Waals surface area contributed by atoms with Gasteiger partial charge in [0.25, 0.3) is 0 Å². The van der Waals surface area contributed by atoms with Crippen molar-refractivity contribution in [2.45, 2.75) is 19.4 Å². The summed E-state index contributed by atoms with van der Waals surface area (Å²) in [4.78, 5) is 0. The number of hydrogen-bond acceptors (Lipinski definition) is 2. The topological polar surface area (TPSA) is 18.5 Å². The Balaban J connectivity index is 2.74. The molecule has 1 unspecified atom stereocenters. The molecule has 1 aromatic rings. The van der Waals surface area contributed by atoms with Gasteiger partial charge in [-0.2, -0.15) is 0 Å². The Labute approximate surface area is 108 Å². The molecule has 1 atom stereocenters. The predicted octanol–water partition coefficient (Wildman–Crippen LogP) is 3.08. The first-order chi connectivity index (χ1) is 8.27. The molecule has 2 nitrogen and oxygen atoms in total. The number of halogens is 1. The molecule has 0 aliphatic heterocycles. The van der Waals surface area contributed by atoms with Gasteiger partial charge < -0.3 is 9.47 Å². The SMILES string of the molecule is COCC(C)Oc1ccccc1C#CCCCl. The molecule has 0 aliphatic rings. The van der Waals surface area contributed by atoms with Crippen LogP contribution < -0.4 is 4.74 Å². The van der Waals surface area contributed by atoms with Gasteiger partial charge in [-0.1, -0.05) is 24.0 Å². The molecule has 0 radical (unpaired) electrons. The molecule has 0 fully saturated rings. The lowest BCUT2D eigenvalue weighted by Crippen LogP contribution is -2.18. The van der Waals surface area contributed by atoms with E-state index in [4.69, 9.17) is 21.1 Å². The fourth-order valence-corrected chi connectivity index (χ4v) is 1.46. The summed E-state index contributed by atoms with van der Waals surface area (Å²) in [7, 11) is 1.66. The molecule has 0 aliphatic carbocycles. The van der Waals surface area contributed by atoms with Gasteiger partial charge in [-0.3, -0.25) is 0 Å². The van der Waals surface area contributed by atoms with Crippen LogP contribution in [-0.2, 0) is 4.74 Å². The third-order valence-corrected chi connectivity index (χ3v) is 2.25. The lowest BCUT2D eigenvalue weighted by atomic mass is 10.2. The first-order valence-electron chi connectivity index (χ1n) is 5.57. The van der Waals surface area contributed by atoms with Crippen molar-refractivity contribution in [3.63, 3.8) is 0 Å². The molecule has 0 bridgehead atoms. The largest absolute Gasteiger partial charge is 0.487 e. The summed E-state index contributed by atoms with van der Waals surface area (Å²) in [6.45, 7) is 2.52. The Morgan fingerprint density at radius 2 is 2.12 bits per heavy atom. The van der Waals surface area contributed by atoms with E-state index < -0.39 is 0 Å². The average molecular weight is 253 g/mol. The molecule has 92 valence electrons. The van der Waals surface area contributed by atoms with Crippen LogP contribution in [0.15, 0.2) is 24.3 Å². The van der Waals surface area contributed by atoms with Crippen LogP contribution in [0.25, 0.3) is 0 Å². The summed E-state index contributed by atoms with van der Waals surface area (Å²) in [5.74, 6) is 7.41. The summed E-state index contributed by atoms with van der Waals surface area (Å²) in [5, 5.41) is 0. The van der Waals surface area contributed by atoms with Crippen molar-refractivity contribution in [3.05, 3.63) is 29.8 Å². The summed E-state index contributed by atoms with van der Waals surface area (Å²) >= 11 is 5.58. The number of hydrogen-bond donors (Lipinski definition) is 0. The van der Waals surface area contributed by atoms with E-state index in [0.29, 0.717) is 18.9 Å². The van der Waals surface area contributed by atoms with Crippen molar-refractivity contribution in [1.82, 2.24) is 0 Å². The molecule has 1 aromatic carbocycles. The van der Waals surface area contributed by atoms with Gasteiger partial charge in [0.2, 0.25) is 0 Å². The van der Waals surface area contributed by atoms with Crippen LogP contribution in [-0.4, -0.2) is 25.7 Å². The van der Waals surface area contributed by atoms with Gasteiger partial charge in [-0.05, 0) is 19.1 Å². The highest BCUT2D eigenvalue weighted by Gasteiger charge is 2.05. The molecule has 0 saturated heterocycles. The molecule has 0 heterocycles. The zero-order valence-corrected chi connectivity index (χ0v) is 11.0. The second kappa shape index (κ2) is 8.00. The van der Waals surface area contributed by atoms with Gasteiger partial charge in [0.15, 0.2) is 0 Å². The molecule has 0 aromatic heterocycles. The van der Waals surface area contributed by atoms with E-state index in [-0.39, 0.29) is 6.10 Å². The first kappa shape index (κ1) is 13.9. The fraction of sp³-hybridized carbons (Fsp3) is 0.429. The van der Waals surface area contributed by atoms with E-state index in [0.717, 1.165) is 11.3 Å². The van der Waals surface area contributed by atoms with Gasteiger partial charge in [0.1, 0.15) is 11.9 Å². The molecular weight excluding hydrogens is 236 g/mol. The van der Waals surface area contributed by atoms with E-state index >= 15 is 0 Å². The smallest absolute Gasteiger partial charge is 0.135 e. The Bertz CT molecular complexity index is 393. The number of methoxy groups -OCH3 is 1. The minimum absolute atomic E-state index is 0.0102. The number of para-hydroxylation sites is 1. The maximum atomic E-state index is 5.76. The standard InChI is InChI=1S/C14H17ClO2/c1-12(11-16-2)17-14-9-4-3-7-13(14)8-5-6-10-15/h3-4,7,9,12H,6,10-11H2,1-2H3. The van der Waals surface area contributed by atoms with E-state index in [1.165, 1.54) is 0 Å². The highest BCUT2D eigenvalue weighted by atomic mass is 35.5. The molecule has 1 rings (SSSR count). The summed E-state index contributed by atoms with van der Waals surface area (Å²) in [6.07, 6.45) is 0.694. The lowest BCUT2D eigenvalue weighted by molar-refractivity contribution is 0.0919. The molecule has 0 N–H and O–H groups in total. The van der Waals surface area contributed by atoms with Gasteiger partial charge >= 0.3 is 0 Å². The summed E-state index contributed by atoms with van der Waals surface area (Å²) in [5.41, 5.74) is 0.889. The van der Waals surface area contributed by atoms with Gasteiger partial charge in [0, 0.05) is 19.4 Å². The molecule has 3 heteroatoms. The van der Waals surface area contributed by atoms with Crippen molar-refractivity contribution in [1.29, 1.82) is 0 Å². The van der Waals surface area contributed by atoms with Crippen LogP contribution in [0.4, 0.5) is 0 Å². The Morgan fingerprint density at radius 1 is 1.35 bits per heavy atom. The van der Waals surface area contributed by atoms with Crippen molar-refractivity contribution in [2.75, 3.05) is 19.6 Å². The summed E-state index contributed by atoms with van der Waals surface area (Å²) in [6, 6.07) is 7.73. The van der Waals surface area contributed by atoms with Crippen LogP contribution in [0.2, 0.25) is 0 Å². The third kappa shape index (κ3) is 5.12. The fourth-order valence-electron chi connectivity index (χ4n) is 1.36. The van der Waals surface area contributed by atoms with Crippen LogP contribution in [0.5, 0.6) is 5.75 Å². The maximum absolute atomic E-state index is 5.76. The number of ether oxygens (including phenoxy) is 2.